The number of unbranched alkanes of at least 4 members (excludes halogenated alkanes) is 3. The van der Waals surface area contributed by atoms with E-state index in [0.29, 0.717) is 51.6 Å². The van der Waals surface area contributed by atoms with Gasteiger partial charge in [-0.1, -0.05) is 6.42 Å². The molecular weight excluding hydrogens is 1400 g/mol. The Morgan fingerprint density at radius 3 is 1.06 bits per heavy atom. The second kappa shape index (κ2) is 46.3. The zero-order valence-corrected chi connectivity index (χ0v) is 58.0. The zero-order valence-electron chi connectivity index (χ0n) is 58.0. The molecule has 6 fully saturated rings. The van der Waals surface area contributed by atoms with Gasteiger partial charge in [0.15, 0.2) is 37.7 Å². The molecule has 0 saturated carbocycles. The van der Waals surface area contributed by atoms with Gasteiger partial charge in [0.05, 0.1) is 58.9 Å². The number of amides is 2. The molecular formula is C63H112N4O37. The summed E-state index contributed by atoms with van der Waals surface area (Å²) in [4.78, 5) is 60.4. The van der Waals surface area contributed by atoms with Crippen LogP contribution in [0.15, 0.2) is 0 Å². The van der Waals surface area contributed by atoms with Crippen molar-refractivity contribution in [3.8, 4) is 0 Å². The van der Waals surface area contributed by atoms with E-state index in [4.69, 9.17) is 62.6 Å². The number of carbonyl (C=O) groups excluding carboxylic acids is 5. The van der Waals surface area contributed by atoms with Gasteiger partial charge in [-0.3, -0.25) is 29.4 Å². The number of rotatable bonds is 42. The second-order valence-corrected chi connectivity index (χ2v) is 26.2. The van der Waals surface area contributed by atoms with E-state index in [2.05, 4.69) is 16.2 Å². The quantitative estimate of drug-likeness (QED) is 0.0199. The Balaban J connectivity index is 0.000000378. The molecule has 6 heterocycles. The second-order valence-electron chi connectivity index (χ2n) is 26.2. The SMILES string of the molecule is CC(=O)[C@H](CCCCN)NNC(=O)CCCCC(=O)CCCO[C@H]1O[C@H](CO[C@H]2O[C@H](CO)[C@@H](O)[C@H](O)[C@@H]2O)[C@@H](O)[C@H](O[C@H]2O[C@H](CO)[C@@H](O)[C@H](O)[C@@H]2O)[C@@H]1O.CCNC(=O)CCCCC(=O)CCCO[C@@H]1O[C@H](CO[C@H]2O[C@H](CO)[C@@H](O)[C@H](O)[C@@H]2O)[C@@H](O)[C@H](O[C@H]2O[C@H](CO)[C@@H](O)[C@H](O)[C@@H]2O)[C@H]1O. The van der Waals surface area contributed by atoms with Crippen LogP contribution >= 0.6 is 0 Å². The number of hydrazine groups is 1. The summed E-state index contributed by atoms with van der Waals surface area (Å²) in [6.07, 6.45) is -44.3. The van der Waals surface area contributed by atoms with Crippen LogP contribution in [0.25, 0.3) is 0 Å². The van der Waals surface area contributed by atoms with Gasteiger partial charge in [-0.2, -0.15) is 0 Å². The molecule has 2 amide bonds. The number of carbonyl (C=O) groups is 5. The number of ketones is 3. The number of nitrogens with one attached hydrogen (secondary N) is 3. The van der Waals surface area contributed by atoms with Crippen LogP contribution in [0.3, 0.4) is 0 Å². The summed E-state index contributed by atoms with van der Waals surface area (Å²) < 4.78 is 66.5. The minimum atomic E-state index is -1.90. The Hall–Kier alpha value is -3.41. The largest absolute Gasteiger partial charge is 0.394 e. The summed E-state index contributed by atoms with van der Waals surface area (Å²) in [5.74, 6) is -0.706. The summed E-state index contributed by atoms with van der Waals surface area (Å²) in [6, 6.07) is -0.518. The predicted octanol–water partition coefficient (Wildman–Crippen LogP) is -11.4. The third-order valence-corrected chi connectivity index (χ3v) is 18.3. The highest BCUT2D eigenvalue weighted by Gasteiger charge is 2.55. The molecule has 0 bridgehead atoms. The summed E-state index contributed by atoms with van der Waals surface area (Å²) >= 11 is 0. The van der Waals surface area contributed by atoms with Gasteiger partial charge in [-0.05, 0) is 71.8 Å². The highest BCUT2D eigenvalue weighted by Crippen LogP contribution is 2.34. The van der Waals surface area contributed by atoms with Crippen molar-refractivity contribution in [2.75, 3.05) is 65.9 Å². The number of aliphatic hydroxyl groups excluding tert-OH is 20. The molecule has 0 radical (unpaired) electrons. The first-order valence-electron chi connectivity index (χ1n) is 35.1. The molecule has 104 heavy (non-hydrogen) atoms. The van der Waals surface area contributed by atoms with Crippen LogP contribution in [0, 0.1) is 0 Å². The highest BCUT2D eigenvalue weighted by atomic mass is 16.8. The number of Topliss-reactive ketones (excluding diaryl/α,β-unsaturated/α-hetero) is 3. The minimum Gasteiger partial charge on any atom is -0.394 e. The van der Waals surface area contributed by atoms with Gasteiger partial charge in [-0.25, -0.2) is 5.43 Å². The van der Waals surface area contributed by atoms with E-state index in [0.717, 1.165) is 12.8 Å². The van der Waals surface area contributed by atoms with Crippen LogP contribution < -0.4 is 21.9 Å². The monoisotopic (exact) mass is 1520 g/mol. The van der Waals surface area contributed by atoms with Gasteiger partial charge in [0.25, 0.3) is 0 Å². The van der Waals surface area contributed by atoms with Gasteiger partial charge in [0.2, 0.25) is 11.8 Å². The van der Waals surface area contributed by atoms with E-state index in [1.165, 1.54) is 6.92 Å². The third-order valence-electron chi connectivity index (χ3n) is 18.3. The molecule has 0 aromatic carbocycles. The summed E-state index contributed by atoms with van der Waals surface area (Å²) in [5, 5.41) is 208. The number of nitrogens with two attached hydrogens (primary N) is 1. The van der Waals surface area contributed by atoms with Crippen molar-refractivity contribution >= 4 is 29.2 Å². The molecule has 41 heteroatoms. The molecule has 0 aromatic heterocycles. The molecule has 6 rings (SSSR count). The third kappa shape index (κ3) is 26.7. The topological polar surface area (TPSA) is 663 Å². The van der Waals surface area contributed by atoms with Crippen LogP contribution in [-0.4, -0.2) is 388 Å². The molecule has 0 unspecified atom stereocenters. The highest BCUT2D eigenvalue weighted by molar-refractivity contribution is 5.82. The molecule has 31 atom stereocenters. The van der Waals surface area contributed by atoms with E-state index in [-0.39, 0.29) is 87.3 Å². The van der Waals surface area contributed by atoms with Crippen molar-refractivity contribution < 1.29 is 183 Å². The van der Waals surface area contributed by atoms with Gasteiger partial charge in [-0.15, -0.1) is 0 Å². The van der Waals surface area contributed by atoms with Crippen LogP contribution in [0.2, 0.25) is 0 Å². The molecule has 606 valence electrons. The van der Waals surface area contributed by atoms with Crippen molar-refractivity contribution in [1.29, 1.82) is 0 Å². The van der Waals surface area contributed by atoms with E-state index in [9.17, 15) is 126 Å². The lowest BCUT2D eigenvalue weighted by atomic mass is 9.96. The smallest absolute Gasteiger partial charge is 0.234 e. The summed E-state index contributed by atoms with van der Waals surface area (Å²) in [5.41, 5.74) is 10.8. The first kappa shape index (κ1) is 91.2. The average molecular weight is 1520 g/mol. The molecule has 25 N–H and O–H groups in total. The molecule has 6 aliphatic rings. The Bertz CT molecular complexity index is 2490. The fraction of sp³-hybridized carbons (Fsp3) is 0.921. The first-order valence-corrected chi connectivity index (χ1v) is 35.1. The van der Waals surface area contributed by atoms with Crippen molar-refractivity contribution in [2.45, 2.75) is 300 Å². The number of hydrogen-bond acceptors (Lipinski definition) is 39. The van der Waals surface area contributed by atoms with E-state index in [1.54, 1.807) is 0 Å². The number of hydrogen-bond donors (Lipinski definition) is 24. The molecule has 0 spiro atoms. The van der Waals surface area contributed by atoms with Gasteiger partial charge >= 0.3 is 0 Å². The fourth-order valence-corrected chi connectivity index (χ4v) is 11.9. The normalized spacial score (nSPS) is 38.5. The van der Waals surface area contributed by atoms with Crippen LogP contribution in [0.5, 0.6) is 0 Å². The van der Waals surface area contributed by atoms with E-state index in [1.807, 2.05) is 6.92 Å². The predicted molar refractivity (Wildman–Crippen MR) is 343 cm³/mol. The van der Waals surface area contributed by atoms with Crippen molar-refractivity contribution in [3.05, 3.63) is 0 Å². The van der Waals surface area contributed by atoms with E-state index >= 15 is 0 Å². The maximum Gasteiger partial charge on any atom is 0.234 e. The first-order chi connectivity index (χ1) is 49.5. The van der Waals surface area contributed by atoms with Crippen LogP contribution in [0.1, 0.15) is 110 Å². The molecule has 6 saturated heterocycles. The van der Waals surface area contributed by atoms with Crippen molar-refractivity contribution in [2.24, 2.45) is 5.73 Å². The number of aliphatic hydroxyl groups is 20. The van der Waals surface area contributed by atoms with E-state index < -0.39 is 230 Å². The Kier molecular flexibility index (Phi) is 40.6. The molecule has 0 aliphatic carbocycles. The zero-order chi connectivity index (χ0) is 77.1. The maximum absolute atomic E-state index is 12.5. The summed E-state index contributed by atoms with van der Waals surface area (Å²) in [6.45, 7) is -0.184. The molecule has 41 nitrogen and oxygen atoms in total. The molecule has 0 aromatic rings. The maximum atomic E-state index is 12.5. The Morgan fingerprint density at radius 1 is 0.375 bits per heavy atom. The minimum absolute atomic E-state index is 0.0651. The van der Waals surface area contributed by atoms with Gasteiger partial charge in [0.1, 0.15) is 164 Å². The fourth-order valence-electron chi connectivity index (χ4n) is 11.9. The van der Waals surface area contributed by atoms with Crippen LogP contribution in [0.4, 0.5) is 0 Å². The van der Waals surface area contributed by atoms with Gasteiger partial charge < -0.3 is 170 Å². The lowest BCUT2D eigenvalue weighted by Crippen LogP contribution is -2.65. The molecule has 6 aliphatic heterocycles. The number of ether oxygens (including phenoxy) is 12. The lowest BCUT2D eigenvalue weighted by molar-refractivity contribution is -0.366. The van der Waals surface area contributed by atoms with Crippen molar-refractivity contribution in [1.82, 2.24) is 16.2 Å². The Labute approximate surface area is 598 Å². The van der Waals surface area contributed by atoms with Crippen molar-refractivity contribution in [3.63, 3.8) is 0 Å². The Morgan fingerprint density at radius 2 is 0.702 bits per heavy atom. The van der Waals surface area contributed by atoms with Crippen LogP contribution in [-0.2, 0) is 80.8 Å². The standard InChI is InChI=1S/C34H61N3O19.C29H51NO18/c1-16(40)18(9-4-5-11-35)36-37-22(42)10-3-2-7-17(41)8-6-12-51-33-30(50)31(56-34-29(49)27(47)24(44)20(14-39)54-34)25(45)21(55-33)15-52-32-28(48)26(46)23(43)19(13-38)53-32;1-2-30-17(34)8-4-3-6-13(33)7-5-9-43-28-25(42)26(48-29-24(41)22(39)19(36)15(11-32)46-29)20(37)16(47-28)12-44-27-23(40)21(38)18(35)14(10-31)45-27/h18-21,23-34,36,38-39,43-50H,2-15,35H2,1H3,(H,37,42);14-16,18-29,31-32,35-42H,2-12H2,1H3,(H,30,34)/t18-,19+,20+,21+,23+,24+,25+,26-,27-,28-,29-,30-,31-,32-,33-,34+;14-,15-,16-,18-,19-,20-,21+,22+,23+,24+,25-,26+,27+,28-,29-/m01/s1. The summed E-state index contributed by atoms with van der Waals surface area (Å²) in [7, 11) is 0. The average Bonchev–Trinajstić information content (AvgIpc) is 0.794. The van der Waals surface area contributed by atoms with Gasteiger partial charge in [0, 0.05) is 45.1 Å². The lowest BCUT2D eigenvalue weighted by Gasteiger charge is -2.46.